The van der Waals surface area contributed by atoms with Crippen LogP contribution in [0.4, 0.5) is 0 Å². The topological polar surface area (TPSA) is 67.7 Å². The van der Waals surface area contributed by atoms with E-state index in [1.807, 2.05) is 11.8 Å². The maximum atomic E-state index is 12.6. The van der Waals surface area contributed by atoms with Gasteiger partial charge in [0.25, 0.3) is 0 Å². The summed E-state index contributed by atoms with van der Waals surface area (Å²) in [4.78, 5) is 30.8. The molecule has 1 saturated heterocycles. The van der Waals surface area contributed by atoms with Gasteiger partial charge in [0.2, 0.25) is 11.8 Å². The molecule has 0 aromatic rings. The van der Waals surface area contributed by atoms with Crippen molar-refractivity contribution in [2.24, 2.45) is 5.92 Å². The van der Waals surface area contributed by atoms with Crippen molar-refractivity contribution in [1.29, 1.82) is 5.26 Å². The molecule has 1 aliphatic heterocycles. The first-order chi connectivity index (χ1) is 11.5. The Bertz CT molecular complexity index is 474. The molecule has 6 heteroatoms. The maximum absolute atomic E-state index is 12.6. The molecule has 2 amide bonds. The second kappa shape index (κ2) is 9.03. The molecule has 0 unspecified atom stereocenters. The van der Waals surface area contributed by atoms with Gasteiger partial charge >= 0.3 is 0 Å². The van der Waals surface area contributed by atoms with E-state index in [1.54, 1.807) is 11.9 Å². The molecule has 0 aromatic heterocycles. The molecule has 24 heavy (non-hydrogen) atoms. The highest BCUT2D eigenvalue weighted by Gasteiger charge is 2.31. The van der Waals surface area contributed by atoms with Gasteiger partial charge in [0.15, 0.2) is 0 Å². The summed E-state index contributed by atoms with van der Waals surface area (Å²) in [5.74, 6) is 0.596. The van der Waals surface area contributed by atoms with Crippen LogP contribution in [0, 0.1) is 17.2 Å². The lowest BCUT2D eigenvalue weighted by molar-refractivity contribution is -0.140. The number of nitrogens with zero attached hydrogens (tertiary/aromatic N) is 4. The third-order valence-corrected chi connectivity index (χ3v) is 5.42. The van der Waals surface area contributed by atoms with Gasteiger partial charge in [-0.05, 0) is 19.8 Å². The summed E-state index contributed by atoms with van der Waals surface area (Å²) in [6.45, 7) is 5.32. The van der Waals surface area contributed by atoms with Gasteiger partial charge < -0.3 is 9.80 Å². The summed E-state index contributed by atoms with van der Waals surface area (Å²) >= 11 is 0. The third-order valence-electron chi connectivity index (χ3n) is 5.42. The molecule has 134 valence electrons. The van der Waals surface area contributed by atoms with Crippen molar-refractivity contribution in [3.63, 3.8) is 0 Å². The SMILES string of the molecule is C[C@@H](C(=O)N(C)CCC#N)N1CCN(C(=O)C2CCCCC2)CC1. The number of hydrogen-bond donors (Lipinski definition) is 0. The zero-order valence-electron chi connectivity index (χ0n) is 15.0. The van der Waals surface area contributed by atoms with Gasteiger partial charge in [-0.2, -0.15) is 5.26 Å². The van der Waals surface area contributed by atoms with Gasteiger partial charge in [-0.15, -0.1) is 0 Å². The Balaban J connectivity index is 1.80. The number of carbonyl (C=O) groups is 2. The van der Waals surface area contributed by atoms with Crippen molar-refractivity contribution in [2.75, 3.05) is 39.8 Å². The van der Waals surface area contributed by atoms with Gasteiger partial charge in [0.05, 0.1) is 18.5 Å². The Labute approximate surface area is 145 Å². The van der Waals surface area contributed by atoms with E-state index in [-0.39, 0.29) is 17.9 Å². The quantitative estimate of drug-likeness (QED) is 0.763. The van der Waals surface area contributed by atoms with Crippen molar-refractivity contribution in [2.45, 2.75) is 51.5 Å². The van der Waals surface area contributed by atoms with Crippen molar-refractivity contribution in [3.8, 4) is 6.07 Å². The molecular formula is C18H30N4O2. The molecule has 6 nitrogen and oxygen atoms in total. The second-order valence-electron chi connectivity index (χ2n) is 7.04. The molecule has 0 N–H and O–H groups in total. The molecule has 2 aliphatic rings. The number of rotatable bonds is 5. The highest BCUT2D eigenvalue weighted by atomic mass is 16.2. The van der Waals surface area contributed by atoms with E-state index in [1.165, 1.54) is 19.3 Å². The van der Waals surface area contributed by atoms with Crippen LogP contribution >= 0.6 is 0 Å². The fourth-order valence-corrected chi connectivity index (χ4v) is 3.74. The van der Waals surface area contributed by atoms with Gasteiger partial charge in [0.1, 0.15) is 0 Å². The largest absolute Gasteiger partial charge is 0.343 e. The van der Waals surface area contributed by atoms with Crippen LogP contribution in [-0.4, -0.2) is 72.3 Å². The Kier molecular flexibility index (Phi) is 7.04. The van der Waals surface area contributed by atoms with Gasteiger partial charge in [0, 0.05) is 45.7 Å². The fraction of sp³-hybridized carbons (Fsp3) is 0.833. The predicted molar refractivity (Wildman–Crippen MR) is 92.1 cm³/mol. The van der Waals surface area contributed by atoms with E-state index >= 15 is 0 Å². The van der Waals surface area contributed by atoms with Crippen LogP contribution in [0.5, 0.6) is 0 Å². The van der Waals surface area contributed by atoms with E-state index in [0.29, 0.717) is 18.9 Å². The molecule has 1 saturated carbocycles. The summed E-state index contributed by atoms with van der Waals surface area (Å²) in [5, 5.41) is 8.64. The number of amides is 2. The summed E-state index contributed by atoms with van der Waals surface area (Å²) in [7, 11) is 1.75. The van der Waals surface area contributed by atoms with Crippen LogP contribution in [0.3, 0.4) is 0 Å². The normalized spacial score (nSPS) is 21.1. The van der Waals surface area contributed by atoms with Crippen LogP contribution in [-0.2, 0) is 9.59 Å². The summed E-state index contributed by atoms with van der Waals surface area (Å²) in [6.07, 6.45) is 6.05. The minimum absolute atomic E-state index is 0.0531. The molecular weight excluding hydrogens is 304 g/mol. The molecule has 0 radical (unpaired) electrons. The van der Waals surface area contributed by atoms with Crippen molar-refractivity contribution in [1.82, 2.24) is 14.7 Å². The maximum Gasteiger partial charge on any atom is 0.239 e. The first-order valence-corrected chi connectivity index (χ1v) is 9.19. The lowest BCUT2D eigenvalue weighted by Crippen LogP contribution is -2.56. The summed E-state index contributed by atoms with van der Waals surface area (Å²) < 4.78 is 0. The van der Waals surface area contributed by atoms with Crippen LogP contribution < -0.4 is 0 Å². The molecule has 0 aromatic carbocycles. The summed E-state index contributed by atoms with van der Waals surface area (Å²) in [6, 6.07) is 1.88. The Morgan fingerprint density at radius 3 is 2.38 bits per heavy atom. The Morgan fingerprint density at radius 2 is 1.79 bits per heavy atom. The predicted octanol–water partition coefficient (Wildman–Crippen LogP) is 1.47. The minimum atomic E-state index is -0.194. The lowest BCUT2D eigenvalue weighted by atomic mass is 9.88. The fourth-order valence-electron chi connectivity index (χ4n) is 3.74. The van der Waals surface area contributed by atoms with Crippen LogP contribution in [0.2, 0.25) is 0 Å². The molecule has 2 rings (SSSR count). The van der Waals surface area contributed by atoms with E-state index in [0.717, 1.165) is 39.0 Å². The molecule has 2 fully saturated rings. The second-order valence-corrected chi connectivity index (χ2v) is 7.04. The minimum Gasteiger partial charge on any atom is -0.343 e. The lowest BCUT2D eigenvalue weighted by Gasteiger charge is -2.39. The van der Waals surface area contributed by atoms with E-state index < -0.39 is 0 Å². The Hall–Kier alpha value is -1.61. The van der Waals surface area contributed by atoms with E-state index in [9.17, 15) is 9.59 Å². The van der Waals surface area contributed by atoms with Gasteiger partial charge in [-0.1, -0.05) is 19.3 Å². The number of likely N-dealkylation sites (N-methyl/N-ethyl adjacent to an activating group) is 1. The number of piperazine rings is 1. The number of hydrogen-bond acceptors (Lipinski definition) is 4. The Morgan fingerprint density at radius 1 is 1.17 bits per heavy atom. The van der Waals surface area contributed by atoms with Crippen molar-refractivity contribution in [3.05, 3.63) is 0 Å². The van der Waals surface area contributed by atoms with Gasteiger partial charge in [-0.25, -0.2) is 0 Å². The highest BCUT2D eigenvalue weighted by Crippen LogP contribution is 2.26. The first kappa shape index (κ1) is 18.7. The third kappa shape index (κ3) is 4.70. The smallest absolute Gasteiger partial charge is 0.239 e. The van der Waals surface area contributed by atoms with E-state index in [4.69, 9.17) is 5.26 Å². The van der Waals surface area contributed by atoms with Crippen molar-refractivity contribution >= 4 is 11.8 Å². The van der Waals surface area contributed by atoms with Crippen LogP contribution in [0.25, 0.3) is 0 Å². The molecule has 0 spiro atoms. The molecule has 0 bridgehead atoms. The average molecular weight is 334 g/mol. The molecule has 1 heterocycles. The zero-order valence-corrected chi connectivity index (χ0v) is 15.0. The number of carbonyl (C=O) groups excluding carboxylic acids is 2. The highest BCUT2D eigenvalue weighted by molar-refractivity contribution is 5.81. The van der Waals surface area contributed by atoms with E-state index in [2.05, 4.69) is 11.0 Å². The average Bonchev–Trinajstić information content (AvgIpc) is 2.65. The summed E-state index contributed by atoms with van der Waals surface area (Å²) in [5.41, 5.74) is 0. The molecule has 1 aliphatic carbocycles. The zero-order chi connectivity index (χ0) is 17.5. The number of nitriles is 1. The first-order valence-electron chi connectivity index (χ1n) is 9.19. The monoisotopic (exact) mass is 334 g/mol. The van der Waals surface area contributed by atoms with Gasteiger partial charge in [-0.3, -0.25) is 14.5 Å². The van der Waals surface area contributed by atoms with Crippen LogP contribution in [0.15, 0.2) is 0 Å². The molecule has 1 atom stereocenters. The standard InChI is InChI=1S/C18H30N4O2/c1-15(17(23)20(2)10-6-9-19)21-11-13-22(14-12-21)18(24)16-7-4-3-5-8-16/h15-16H,3-8,10-14H2,1-2H3/t15-/m0/s1. The van der Waals surface area contributed by atoms with Crippen LogP contribution in [0.1, 0.15) is 45.4 Å². The van der Waals surface area contributed by atoms with Crippen molar-refractivity contribution < 1.29 is 9.59 Å².